The van der Waals surface area contributed by atoms with Gasteiger partial charge in [-0.15, -0.1) is 22.7 Å². The topological polar surface area (TPSA) is 24.7 Å². The Morgan fingerprint density at radius 1 is 0.362 bits per heavy atom. The van der Waals surface area contributed by atoms with Crippen molar-refractivity contribution in [2.45, 2.75) is 12.8 Å². The van der Waals surface area contributed by atoms with E-state index in [9.17, 15) is 0 Å². The highest BCUT2D eigenvalue weighted by Gasteiger charge is 2.19. The van der Waals surface area contributed by atoms with E-state index in [1.165, 1.54) is 73.7 Å². The van der Waals surface area contributed by atoms with Crippen molar-refractivity contribution < 1.29 is 0 Å². The van der Waals surface area contributed by atoms with E-state index in [1.807, 2.05) is 28.7 Å². The average Bonchev–Trinajstić information content (AvgIpc) is 3.85. The van der Waals surface area contributed by atoms with E-state index >= 15 is 0 Å². The number of nitrogens with zero attached hydrogens (tertiary/aromatic N) is 2. The Morgan fingerprint density at radius 3 is 1.76 bits per heavy atom. The molecule has 0 spiro atoms. The van der Waals surface area contributed by atoms with Crippen LogP contribution in [-0.2, 0) is 0 Å². The van der Waals surface area contributed by atoms with Gasteiger partial charge < -0.3 is 0 Å². The van der Waals surface area contributed by atoms with Crippen molar-refractivity contribution in [2.75, 3.05) is 0 Å². The van der Waals surface area contributed by atoms with Gasteiger partial charge in [-0.25, -0.2) is 9.98 Å². The molecule has 0 bridgehead atoms. The molecule has 2 nitrogen and oxygen atoms in total. The minimum absolute atomic E-state index is 0.743. The smallest absolute Gasteiger partial charge is 0.160 e. The van der Waals surface area contributed by atoms with Gasteiger partial charge in [-0.05, 0) is 82.6 Å². The van der Waals surface area contributed by atoms with Crippen LogP contribution in [0.4, 0.5) is 0 Å². The predicted molar refractivity (Wildman–Crippen MR) is 252 cm³/mol. The molecular weight excluding hydrogens is 741 g/mol. The van der Waals surface area contributed by atoms with Crippen LogP contribution in [0.5, 0.6) is 0 Å². The number of hydrogen-bond acceptors (Lipinski definition) is 4. The van der Waals surface area contributed by atoms with Gasteiger partial charge in [0.2, 0.25) is 0 Å². The molecule has 274 valence electrons. The lowest BCUT2D eigenvalue weighted by molar-refractivity contribution is 1.09. The Balaban J connectivity index is 1.06. The van der Waals surface area contributed by atoms with E-state index < -0.39 is 0 Å². The fraction of sp³-hybridized carbons (Fsp3) is 0.0370. The lowest BCUT2D eigenvalue weighted by Gasteiger charge is -2.13. The summed E-state index contributed by atoms with van der Waals surface area (Å²) < 4.78 is 5.15. The lowest BCUT2D eigenvalue weighted by Crippen LogP contribution is -2.09. The quantitative estimate of drug-likeness (QED) is 0.161. The highest BCUT2D eigenvalue weighted by atomic mass is 32.1. The Morgan fingerprint density at radius 2 is 0.966 bits per heavy atom. The third kappa shape index (κ3) is 6.28. The Hall–Kier alpha value is -6.72. The molecule has 0 amide bonds. The van der Waals surface area contributed by atoms with Crippen LogP contribution in [0.3, 0.4) is 0 Å². The summed E-state index contributed by atoms with van der Waals surface area (Å²) in [5, 5.41) is 5.14. The molecule has 1 aliphatic rings. The Labute approximate surface area is 345 Å². The number of benzene rings is 8. The number of allylic oxidation sites excluding steroid dienone is 1. The van der Waals surface area contributed by atoms with E-state index in [0.29, 0.717) is 0 Å². The Bertz CT molecular complexity index is 3260. The molecule has 0 radical (unpaired) electrons. The van der Waals surface area contributed by atoms with E-state index in [-0.39, 0.29) is 0 Å². The summed E-state index contributed by atoms with van der Waals surface area (Å²) in [4.78, 5) is 10.6. The summed E-state index contributed by atoms with van der Waals surface area (Å²) in [5.74, 6) is 0.743. The first-order chi connectivity index (χ1) is 28.7. The van der Waals surface area contributed by atoms with Crippen LogP contribution in [0, 0.1) is 0 Å². The van der Waals surface area contributed by atoms with E-state index in [2.05, 4.69) is 188 Å². The van der Waals surface area contributed by atoms with Crippen molar-refractivity contribution in [1.29, 1.82) is 0 Å². The standard InChI is InChI=1S/C54H36N2S2/c1-4-15-35(16-5-1)38-21-12-22-39(31-38)41-33-45(53-47(34-41)42-23-10-11-28-50(42)57-53)40-29-30-51-46(32-40)43-24-13-25-44(52(43)58-51)49-27-14-26-48(36-17-6-2-7-18-36)55-54(56-49)37-19-8-3-9-20-37/h1-13,15-25,27-34H,14,26H2. The first kappa shape index (κ1) is 34.5. The van der Waals surface area contributed by atoms with Crippen LogP contribution in [0.2, 0.25) is 0 Å². The first-order valence-corrected chi connectivity index (χ1v) is 21.4. The van der Waals surface area contributed by atoms with E-state index in [4.69, 9.17) is 9.98 Å². The molecule has 0 N–H and O–H groups in total. The molecule has 3 heterocycles. The minimum Gasteiger partial charge on any atom is -0.232 e. The number of aliphatic imine (C=N–C) groups is 2. The molecule has 1 aliphatic heterocycles. The zero-order chi connectivity index (χ0) is 38.4. The second-order valence-corrected chi connectivity index (χ2v) is 16.9. The number of fused-ring (bicyclic) bond motifs is 6. The molecule has 58 heavy (non-hydrogen) atoms. The predicted octanol–water partition coefficient (Wildman–Crippen LogP) is 15.5. The number of thiophene rings is 2. The van der Waals surface area contributed by atoms with Crippen molar-refractivity contribution in [3.63, 3.8) is 0 Å². The first-order valence-electron chi connectivity index (χ1n) is 19.8. The van der Waals surface area contributed by atoms with Gasteiger partial charge in [0.05, 0.1) is 11.4 Å². The molecular formula is C54H36N2S2. The maximum Gasteiger partial charge on any atom is 0.160 e. The summed E-state index contributed by atoms with van der Waals surface area (Å²) in [6, 6.07) is 67.9. The number of rotatable bonds is 6. The lowest BCUT2D eigenvalue weighted by atomic mass is 9.93. The number of hydrogen-bond donors (Lipinski definition) is 0. The summed E-state index contributed by atoms with van der Waals surface area (Å²) in [7, 11) is 0. The summed E-state index contributed by atoms with van der Waals surface area (Å²) in [5.41, 5.74) is 12.7. The van der Waals surface area contributed by atoms with Crippen LogP contribution in [0.15, 0.2) is 204 Å². The number of amidine groups is 1. The van der Waals surface area contributed by atoms with Gasteiger partial charge in [0.25, 0.3) is 0 Å². The highest BCUT2D eigenvalue weighted by molar-refractivity contribution is 7.26. The molecule has 0 saturated heterocycles. The van der Waals surface area contributed by atoms with Crippen LogP contribution in [0.25, 0.3) is 79.4 Å². The monoisotopic (exact) mass is 776 g/mol. The molecule has 0 aliphatic carbocycles. The van der Waals surface area contributed by atoms with Gasteiger partial charge in [-0.3, -0.25) is 0 Å². The zero-order valence-electron chi connectivity index (χ0n) is 31.6. The van der Waals surface area contributed by atoms with Crippen molar-refractivity contribution >= 4 is 80.3 Å². The molecule has 11 rings (SSSR count). The molecule has 2 aromatic heterocycles. The molecule has 10 aromatic rings. The van der Waals surface area contributed by atoms with Gasteiger partial charge in [-0.1, -0.05) is 158 Å². The molecule has 4 heteroatoms. The van der Waals surface area contributed by atoms with Gasteiger partial charge in [0.15, 0.2) is 5.84 Å². The second kappa shape index (κ2) is 14.7. The van der Waals surface area contributed by atoms with Crippen LogP contribution >= 0.6 is 22.7 Å². The van der Waals surface area contributed by atoms with Gasteiger partial charge in [-0.2, -0.15) is 0 Å². The van der Waals surface area contributed by atoms with Gasteiger partial charge in [0.1, 0.15) is 0 Å². The molecule has 8 aromatic carbocycles. The minimum atomic E-state index is 0.743. The van der Waals surface area contributed by atoms with Crippen molar-refractivity contribution in [1.82, 2.24) is 0 Å². The molecule has 0 saturated carbocycles. The van der Waals surface area contributed by atoms with Crippen molar-refractivity contribution in [3.8, 4) is 33.4 Å². The fourth-order valence-corrected chi connectivity index (χ4v) is 10.8. The van der Waals surface area contributed by atoms with E-state index in [1.54, 1.807) is 0 Å². The Kier molecular flexibility index (Phi) is 8.72. The highest BCUT2D eigenvalue weighted by Crippen LogP contribution is 2.46. The molecule has 0 atom stereocenters. The third-order valence-electron chi connectivity index (χ3n) is 11.2. The van der Waals surface area contributed by atoms with Gasteiger partial charge >= 0.3 is 0 Å². The molecule has 0 fully saturated rings. The van der Waals surface area contributed by atoms with Crippen LogP contribution < -0.4 is 0 Å². The maximum atomic E-state index is 5.35. The SMILES string of the molecule is C1=C(c2cccc3c2sc2ccc(-c4cc(-c5cccc(-c6ccccc6)c5)cc5c4sc4ccccc45)cc23)N=C(c2ccccc2)N=C(c2ccccc2)CC1. The zero-order valence-corrected chi connectivity index (χ0v) is 33.2. The normalized spacial score (nSPS) is 13.3. The summed E-state index contributed by atoms with van der Waals surface area (Å²) >= 11 is 3.75. The van der Waals surface area contributed by atoms with E-state index in [0.717, 1.165) is 46.8 Å². The van der Waals surface area contributed by atoms with Crippen molar-refractivity contribution in [2.24, 2.45) is 9.98 Å². The second-order valence-electron chi connectivity index (χ2n) is 14.8. The summed E-state index contributed by atoms with van der Waals surface area (Å²) in [6.45, 7) is 0. The van der Waals surface area contributed by atoms with Gasteiger partial charge in [0, 0.05) is 57.0 Å². The molecule has 0 unspecified atom stereocenters. The summed E-state index contributed by atoms with van der Waals surface area (Å²) in [6.07, 6.45) is 4.00. The van der Waals surface area contributed by atoms with Crippen molar-refractivity contribution in [3.05, 3.63) is 211 Å². The van der Waals surface area contributed by atoms with Crippen LogP contribution in [-0.4, -0.2) is 11.5 Å². The maximum absolute atomic E-state index is 5.35. The van der Waals surface area contributed by atoms with Crippen LogP contribution in [0.1, 0.15) is 29.5 Å². The average molecular weight is 777 g/mol. The largest absolute Gasteiger partial charge is 0.232 e. The third-order valence-corrected chi connectivity index (χ3v) is 13.6. The fourth-order valence-electron chi connectivity index (χ4n) is 8.32.